The van der Waals surface area contributed by atoms with Crippen molar-refractivity contribution in [1.29, 1.82) is 0 Å². The van der Waals surface area contributed by atoms with Gasteiger partial charge in [-0.15, -0.1) is 0 Å². The third kappa shape index (κ3) is 6.95. The minimum atomic E-state index is -0.644. The summed E-state index contributed by atoms with van der Waals surface area (Å²) < 4.78 is 15.5. The Bertz CT molecular complexity index is 853. The van der Waals surface area contributed by atoms with E-state index >= 15 is 0 Å². The molecule has 7 heteroatoms. The number of hydrogen-bond donors (Lipinski definition) is 1. The Kier molecular flexibility index (Phi) is 7.77. The van der Waals surface area contributed by atoms with E-state index in [1.165, 1.54) is 0 Å². The Labute approximate surface area is 170 Å². The number of hydrogen-bond acceptors (Lipinski definition) is 6. The smallest absolute Gasteiger partial charge is 0.344 e. The second-order valence-electron chi connectivity index (χ2n) is 6.75. The van der Waals surface area contributed by atoms with Crippen molar-refractivity contribution in [3.8, 4) is 5.75 Å². The molecular formula is C22H25NO6. The van der Waals surface area contributed by atoms with Crippen molar-refractivity contribution in [2.75, 3.05) is 18.5 Å². The summed E-state index contributed by atoms with van der Waals surface area (Å²) in [5.41, 5.74) is 2.68. The Hall–Kier alpha value is -3.35. The van der Waals surface area contributed by atoms with E-state index in [-0.39, 0.29) is 12.7 Å². The van der Waals surface area contributed by atoms with Crippen LogP contribution in [0.2, 0.25) is 0 Å². The van der Waals surface area contributed by atoms with Gasteiger partial charge < -0.3 is 19.5 Å². The number of aryl methyl sites for hydroxylation is 2. The first-order chi connectivity index (χ1) is 13.8. The maximum atomic E-state index is 11.9. The van der Waals surface area contributed by atoms with E-state index in [0.29, 0.717) is 17.0 Å². The molecule has 0 unspecified atom stereocenters. The average Bonchev–Trinajstić information content (AvgIpc) is 2.66. The van der Waals surface area contributed by atoms with Gasteiger partial charge in [-0.05, 0) is 63.1 Å². The number of carbonyl (C=O) groups is 3. The zero-order valence-corrected chi connectivity index (χ0v) is 17.0. The summed E-state index contributed by atoms with van der Waals surface area (Å²) in [6, 6.07) is 11.9. The number of anilines is 1. The summed E-state index contributed by atoms with van der Waals surface area (Å²) in [6.45, 7) is 6.57. The molecule has 29 heavy (non-hydrogen) atoms. The molecule has 2 aromatic rings. The molecule has 0 aliphatic carbocycles. The van der Waals surface area contributed by atoms with Gasteiger partial charge in [-0.3, -0.25) is 4.79 Å². The highest BCUT2D eigenvalue weighted by Crippen LogP contribution is 2.22. The second-order valence-corrected chi connectivity index (χ2v) is 6.75. The lowest BCUT2D eigenvalue weighted by Crippen LogP contribution is -2.24. The molecule has 0 spiro atoms. The summed E-state index contributed by atoms with van der Waals surface area (Å²) in [6.07, 6.45) is -0.213. The number of nitrogens with one attached hydrogen (secondary N) is 1. The van der Waals surface area contributed by atoms with E-state index < -0.39 is 24.5 Å². The highest BCUT2D eigenvalue weighted by molar-refractivity contribution is 5.94. The predicted octanol–water partition coefficient (Wildman–Crippen LogP) is 3.43. The number of amides is 1. The van der Waals surface area contributed by atoms with Gasteiger partial charge in [0.2, 0.25) is 0 Å². The number of rotatable bonds is 8. The average molecular weight is 399 g/mol. The van der Waals surface area contributed by atoms with Crippen LogP contribution in [-0.4, -0.2) is 37.2 Å². The van der Waals surface area contributed by atoms with Crippen molar-refractivity contribution in [3.63, 3.8) is 0 Å². The Balaban J connectivity index is 1.77. The molecule has 0 aliphatic rings. The quantitative estimate of drug-likeness (QED) is 0.684. The van der Waals surface area contributed by atoms with Gasteiger partial charge >= 0.3 is 11.9 Å². The summed E-state index contributed by atoms with van der Waals surface area (Å²) in [4.78, 5) is 35.6. The molecule has 1 amide bonds. The molecule has 154 valence electrons. The molecule has 0 radical (unpaired) electrons. The van der Waals surface area contributed by atoms with Gasteiger partial charge in [0, 0.05) is 5.69 Å². The van der Waals surface area contributed by atoms with E-state index in [2.05, 4.69) is 5.32 Å². The molecule has 0 heterocycles. The van der Waals surface area contributed by atoms with E-state index in [1.807, 2.05) is 32.0 Å². The molecule has 0 aliphatic heterocycles. The van der Waals surface area contributed by atoms with Crippen LogP contribution in [0.15, 0.2) is 42.5 Å². The van der Waals surface area contributed by atoms with Gasteiger partial charge in [-0.2, -0.15) is 0 Å². The highest BCUT2D eigenvalue weighted by Gasteiger charge is 2.12. The maximum Gasteiger partial charge on any atom is 0.344 e. The molecule has 0 bridgehead atoms. The minimum Gasteiger partial charge on any atom is -0.481 e. The summed E-state index contributed by atoms with van der Waals surface area (Å²) in [7, 11) is 0. The van der Waals surface area contributed by atoms with Gasteiger partial charge in [0.05, 0.1) is 11.7 Å². The molecule has 2 rings (SSSR count). The Morgan fingerprint density at radius 1 is 0.931 bits per heavy atom. The van der Waals surface area contributed by atoms with Gasteiger partial charge in [0.1, 0.15) is 5.75 Å². The number of carbonyl (C=O) groups excluding carboxylic acids is 3. The monoisotopic (exact) mass is 399 g/mol. The molecule has 1 N–H and O–H groups in total. The van der Waals surface area contributed by atoms with Crippen molar-refractivity contribution in [2.45, 2.75) is 33.8 Å². The first-order valence-electron chi connectivity index (χ1n) is 9.21. The number of esters is 2. The first kappa shape index (κ1) is 21.9. The van der Waals surface area contributed by atoms with Crippen LogP contribution in [0, 0.1) is 13.8 Å². The van der Waals surface area contributed by atoms with Crippen molar-refractivity contribution in [2.24, 2.45) is 0 Å². The third-order valence-electron chi connectivity index (χ3n) is 3.85. The SMILES string of the molecule is Cc1cccc(C)c1OCC(=O)OCC(=O)Nc1ccc(C(=O)OC(C)C)cc1. The first-order valence-corrected chi connectivity index (χ1v) is 9.21. The van der Waals surface area contributed by atoms with Crippen LogP contribution < -0.4 is 10.1 Å². The van der Waals surface area contributed by atoms with Gasteiger partial charge in [-0.1, -0.05) is 18.2 Å². The fourth-order valence-electron chi connectivity index (χ4n) is 2.51. The third-order valence-corrected chi connectivity index (χ3v) is 3.85. The molecule has 7 nitrogen and oxygen atoms in total. The fraction of sp³-hybridized carbons (Fsp3) is 0.318. The second kappa shape index (κ2) is 10.3. The van der Waals surface area contributed by atoms with Gasteiger partial charge in [0.15, 0.2) is 13.2 Å². The fourth-order valence-corrected chi connectivity index (χ4v) is 2.51. The van der Waals surface area contributed by atoms with Crippen LogP contribution in [-0.2, 0) is 19.1 Å². The molecule has 0 saturated heterocycles. The Morgan fingerprint density at radius 2 is 1.55 bits per heavy atom. The molecule has 0 aromatic heterocycles. The normalized spacial score (nSPS) is 10.4. The number of benzene rings is 2. The highest BCUT2D eigenvalue weighted by atomic mass is 16.6. The molecule has 0 atom stereocenters. The predicted molar refractivity (Wildman–Crippen MR) is 108 cm³/mol. The lowest BCUT2D eigenvalue weighted by molar-refractivity contribution is -0.149. The van der Waals surface area contributed by atoms with E-state index in [0.717, 1.165) is 11.1 Å². The number of para-hydroxylation sites is 1. The zero-order valence-electron chi connectivity index (χ0n) is 17.0. The standard InChI is InChI=1S/C22H25NO6/c1-14(2)29-22(26)17-8-10-18(11-9-17)23-19(24)12-27-20(25)13-28-21-15(3)6-5-7-16(21)4/h5-11,14H,12-13H2,1-4H3,(H,23,24). The summed E-state index contributed by atoms with van der Waals surface area (Å²) >= 11 is 0. The lowest BCUT2D eigenvalue weighted by Gasteiger charge is -2.12. The minimum absolute atomic E-state index is 0.213. The van der Waals surface area contributed by atoms with E-state index in [9.17, 15) is 14.4 Å². The van der Waals surface area contributed by atoms with Crippen LogP contribution in [0.4, 0.5) is 5.69 Å². The summed E-state index contributed by atoms with van der Waals surface area (Å²) in [5, 5.41) is 2.59. The number of ether oxygens (including phenoxy) is 3. The van der Waals surface area contributed by atoms with E-state index in [1.54, 1.807) is 38.1 Å². The van der Waals surface area contributed by atoms with Crippen molar-refractivity contribution >= 4 is 23.5 Å². The van der Waals surface area contributed by atoms with Gasteiger partial charge in [-0.25, -0.2) is 9.59 Å². The summed E-state index contributed by atoms with van der Waals surface area (Å²) in [5.74, 6) is -0.946. The van der Waals surface area contributed by atoms with E-state index in [4.69, 9.17) is 14.2 Å². The maximum absolute atomic E-state index is 11.9. The van der Waals surface area contributed by atoms with Crippen LogP contribution in [0.5, 0.6) is 5.75 Å². The van der Waals surface area contributed by atoms with Crippen LogP contribution in [0.3, 0.4) is 0 Å². The molecular weight excluding hydrogens is 374 g/mol. The molecule has 2 aromatic carbocycles. The van der Waals surface area contributed by atoms with Crippen LogP contribution in [0.1, 0.15) is 35.3 Å². The topological polar surface area (TPSA) is 90.9 Å². The van der Waals surface area contributed by atoms with Crippen molar-refractivity contribution in [3.05, 3.63) is 59.2 Å². The van der Waals surface area contributed by atoms with Crippen molar-refractivity contribution < 1.29 is 28.6 Å². The van der Waals surface area contributed by atoms with Crippen molar-refractivity contribution in [1.82, 2.24) is 0 Å². The van der Waals surface area contributed by atoms with Crippen LogP contribution in [0.25, 0.3) is 0 Å². The lowest BCUT2D eigenvalue weighted by atomic mass is 10.1. The molecule has 0 saturated carbocycles. The Morgan fingerprint density at radius 3 is 2.14 bits per heavy atom. The largest absolute Gasteiger partial charge is 0.481 e. The molecule has 0 fully saturated rings. The van der Waals surface area contributed by atoms with Gasteiger partial charge in [0.25, 0.3) is 5.91 Å². The zero-order chi connectivity index (χ0) is 21.4. The van der Waals surface area contributed by atoms with Crippen LogP contribution >= 0.6 is 0 Å².